The van der Waals surface area contributed by atoms with Gasteiger partial charge >= 0.3 is 12.3 Å². The Bertz CT molecular complexity index is 812. The van der Waals surface area contributed by atoms with Crippen LogP contribution in [0.1, 0.15) is 17.5 Å². The molecule has 0 aromatic heterocycles. The van der Waals surface area contributed by atoms with Gasteiger partial charge in [-0.1, -0.05) is 65.9 Å². The van der Waals surface area contributed by atoms with E-state index < -0.39 is 23.2 Å². The third kappa shape index (κ3) is 6.01. The molecule has 2 aromatic rings. The highest BCUT2D eigenvalue weighted by Gasteiger charge is 2.61. The number of ether oxygens (including phenoxy) is 1. The van der Waals surface area contributed by atoms with Crippen molar-refractivity contribution in [3.05, 3.63) is 78.4 Å². The number of halogens is 3. The summed E-state index contributed by atoms with van der Waals surface area (Å²) in [6.45, 7) is 4.99. The van der Waals surface area contributed by atoms with Gasteiger partial charge < -0.3 is 9.84 Å². The Morgan fingerprint density at radius 1 is 1.21 bits per heavy atom. The first kappa shape index (κ1) is 22.8. The van der Waals surface area contributed by atoms with Gasteiger partial charge in [0.1, 0.15) is 6.61 Å². The third-order valence-corrected chi connectivity index (χ3v) is 5.52. The molecule has 29 heavy (non-hydrogen) atoms. The molecule has 0 saturated carbocycles. The summed E-state index contributed by atoms with van der Waals surface area (Å²) in [4.78, 5) is 9.47. The molecule has 8 heteroatoms. The lowest BCUT2D eigenvalue weighted by molar-refractivity contribution is -0.188. The van der Waals surface area contributed by atoms with E-state index in [4.69, 9.17) is 4.74 Å². The number of aliphatic hydroxyl groups excluding tert-OH is 1. The number of hydrogen-bond acceptors (Lipinski definition) is 4. The first-order valence-electron chi connectivity index (χ1n) is 8.78. The number of amides is 1. The van der Waals surface area contributed by atoms with Gasteiger partial charge in [0.15, 0.2) is 0 Å². The maximum absolute atomic E-state index is 14.2. The number of hydrogen-bond donors (Lipinski definition) is 2. The summed E-state index contributed by atoms with van der Waals surface area (Å²) >= 11 is 0.315. The van der Waals surface area contributed by atoms with Crippen molar-refractivity contribution in [2.24, 2.45) is 0 Å². The molecule has 2 aromatic carbocycles. The van der Waals surface area contributed by atoms with Crippen LogP contribution < -0.4 is 5.32 Å². The minimum absolute atomic E-state index is 0.201. The SMILES string of the molecule is C=CC[C@H](O)[C@@](NC(=O)OCc1ccccc1)(Sc1ccc(C)cc1)C(F)(F)F. The standard InChI is InChI=1S/C21H22F3NO3S/c1-3-7-18(26)20(21(22,23)24,29-17-12-10-15(2)11-13-17)25-19(27)28-14-16-8-5-4-6-9-16/h3-6,8-13,18,26H,1,7,14H2,2H3,(H,25,27)/t18-,20+/m0/s1. The zero-order chi connectivity index (χ0) is 21.5. The summed E-state index contributed by atoms with van der Waals surface area (Å²) in [5.41, 5.74) is 1.49. The number of carbonyl (C=O) groups is 1. The van der Waals surface area contributed by atoms with Crippen LogP contribution in [0.5, 0.6) is 0 Å². The molecule has 0 unspecified atom stereocenters. The average Bonchev–Trinajstić information content (AvgIpc) is 2.67. The van der Waals surface area contributed by atoms with E-state index in [2.05, 4.69) is 6.58 Å². The van der Waals surface area contributed by atoms with Gasteiger partial charge in [-0.15, -0.1) is 6.58 Å². The quantitative estimate of drug-likeness (QED) is 0.346. The summed E-state index contributed by atoms with van der Waals surface area (Å²) < 4.78 is 47.4. The van der Waals surface area contributed by atoms with Gasteiger partial charge in [0.05, 0.1) is 6.10 Å². The molecule has 2 atom stereocenters. The highest BCUT2D eigenvalue weighted by Crippen LogP contribution is 2.46. The first-order valence-corrected chi connectivity index (χ1v) is 9.60. The number of nitrogens with one attached hydrogen (secondary N) is 1. The Hall–Kier alpha value is -2.45. The lowest BCUT2D eigenvalue weighted by atomic mass is 10.1. The van der Waals surface area contributed by atoms with Gasteiger partial charge in [-0.2, -0.15) is 13.2 Å². The Kier molecular flexibility index (Phi) is 7.75. The summed E-state index contributed by atoms with van der Waals surface area (Å²) in [7, 11) is 0. The van der Waals surface area contributed by atoms with E-state index in [1.165, 1.54) is 12.1 Å². The molecule has 2 N–H and O–H groups in total. The van der Waals surface area contributed by atoms with Crippen LogP contribution in [0.15, 0.2) is 72.1 Å². The largest absolute Gasteiger partial charge is 0.445 e. The number of alkyl carbamates (subject to hydrolysis) is 1. The van der Waals surface area contributed by atoms with E-state index in [1.54, 1.807) is 49.4 Å². The second-order valence-electron chi connectivity index (χ2n) is 6.38. The fraction of sp³-hybridized carbons (Fsp3) is 0.286. The van der Waals surface area contributed by atoms with Crippen LogP contribution in [0.2, 0.25) is 0 Å². The molecule has 2 rings (SSSR count). The van der Waals surface area contributed by atoms with E-state index in [0.29, 0.717) is 17.3 Å². The Labute approximate surface area is 171 Å². The third-order valence-electron chi connectivity index (χ3n) is 4.08. The second kappa shape index (κ2) is 9.84. The predicted molar refractivity (Wildman–Crippen MR) is 106 cm³/mol. The van der Waals surface area contributed by atoms with Gasteiger partial charge in [0.2, 0.25) is 4.87 Å². The number of aryl methyl sites for hydroxylation is 1. The van der Waals surface area contributed by atoms with E-state index in [-0.39, 0.29) is 17.9 Å². The molecule has 156 valence electrons. The van der Waals surface area contributed by atoms with Gasteiger partial charge in [-0.25, -0.2) is 4.79 Å². The molecule has 0 aliphatic rings. The maximum Gasteiger partial charge on any atom is 0.424 e. The van der Waals surface area contributed by atoms with E-state index >= 15 is 0 Å². The molecule has 0 aliphatic heterocycles. The van der Waals surface area contributed by atoms with Gasteiger partial charge in [-0.05, 0) is 31.0 Å². The Balaban J connectivity index is 2.29. The van der Waals surface area contributed by atoms with Crippen molar-refractivity contribution >= 4 is 17.9 Å². The predicted octanol–water partition coefficient (Wildman–Crippen LogP) is 5.21. The van der Waals surface area contributed by atoms with Crippen molar-refractivity contribution in [1.29, 1.82) is 0 Å². The van der Waals surface area contributed by atoms with Crippen LogP contribution in [0.4, 0.5) is 18.0 Å². The first-order chi connectivity index (χ1) is 13.7. The molecule has 0 aliphatic carbocycles. The number of alkyl halides is 3. The molecule has 4 nitrogen and oxygen atoms in total. The number of aliphatic hydroxyl groups is 1. The lowest BCUT2D eigenvalue weighted by Gasteiger charge is -2.38. The summed E-state index contributed by atoms with van der Waals surface area (Å²) in [6.07, 6.45) is -7.45. The van der Waals surface area contributed by atoms with Gasteiger partial charge in [0.25, 0.3) is 0 Å². The van der Waals surface area contributed by atoms with Crippen LogP contribution in [0, 0.1) is 6.92 Å². The minimum Gasteiger partial charge on any atom is -0.445 e. The second-order valence-corrected chi connectivity index (χ2v) is 7.69. The van der Waals surface area contributed by atoms with Gasteiger partial charge in [0, 0.05) is 4.90 Å². The Morgan fingerprint density at radius 3 is 2.38 bits per heavy atom. The summed E-state index contributed by atoms with van der Waals surface area (Å²) in [5, 5.41) is 12.2. The van der Waals surface area contributed by atoms with Crippen LogP contribution in [-0.2, 0) is 11.3 Å². The molecule has 0 saturated heterocycles. The van der Waals surface area contributed by atoms with Crippen molar-refractivity contribution in [1.82, 2.24) is 5.32 Å². The highest BCUT2D eigenvalue weighted by atomic mass is 32.2. The minimum atomic E-state index is -4.98. The zero-order valence-corrected chi connectivity index (χ0v) is 16.6. The van der Waals surface area contributed by atoms with Crippen molar-refractivity contribution in [2.75, 3.05) is 0 Å². The van der Waals surface area contributed by atoms with E-state index in [0.717, 1.165) is 11.6 Å². The van der Waals surface area contributed by atoms with E-state index in [9.17, 15) is 23.1 Å². The average molecular weight is 425 g/mol. The monoisotopic (exact) mass is 425 g/mol. The van der Waals surface area contributed by atoms with Crippen molar-refractivity contribution in [2.45, 2.75) is 42.0 Å². The molecule has 0 heterocycles. The van der Waals surface area contributed by atoms with Crippen LogP contribution in [0.25, 0.3) is 0 Å². The van der Waals surface area contributed by atoms with Gasteiger partial charge in [-0.3, -0.25) is 5.32 Å². The topological polar surface area (TPSA) is 58.6 Å². The molecule has 0 spiro atoms. The van der Waals surface area contributed by atoms with Crippen molar-refractivity contribution in [3.8, 4) is 0 Å². The fourth-order valence-corrected chi connectivity index (χ4v) is 3.65. The summed E-state index contributed by atoms with van der Waals surface area (Å²) in [5.74, 6) is 0. The fourth-order valence-electron chi connectivity index (χ4n) is 2.52. The maximum atomic E-state index is 14.2. The molecule has 0 radical (unpaired) electrons. The zero-order valence-electron chi connectivity index (χ0n) is 15.8. The van der Waals surface area contributed by atoms with Crippen molar-refractivity contribution in [3.63, 3.8) is 0 Å². The number of thioether (sulfide) groups is 1. The highest BCUT2D eigenvalue weighted by molar-refractivity contribution is 8.00. The number of rotatable bonds is 8. The molecule has 0 bridgehead atoms. The van der Waals surface area contributed by atoms with Crippen LogP contribution in [-0.4, -0.2) is 28.4 Å². The number of carbonyl (C=O) groups excluding carboxylic acids is 1. The summed E-state index contributed by atoms with van der Waals surface area (Å²) in [6, 6.07) is 14.9. The van der Waals surface area contributed by atoms with Crippen LogP contribution in [0.3, 0.4) is 0 Å². The molecular formula is C21H22F3NO3S. The van der Waals surface area contributed by atoms with Crippen molar-refractivity contribution < 1.29 is 27.8 Å². The lowest BCUT2D eigenvalue weighted by Crippen LogP contribution is -2.63. The number of benzene rings is 2. The molecule has 1 amide bonds. The molecular weight excluding hydrogens is 403 g/mol. The molecule has 0 fully saturated rings. The Morgan fingerprint density at radius 2 is 1.83 bits per heavy atom. The smallest absolute Gasteiger partial charge is 0.424 e. The van der Waals surface area contributed by atoms with E-state index in [1.807, 2.05) is 5.32 Å². The van der Waals surface area contributed by atoms with Crippen LogP contribution >= 0.6 is 11.8 Å². The normalized spacial score (nSPS) is 14.5.